The first-order chi connectivity index (χ1) is 15.2. The summed E-state index contributed by atoms with van der Waals surface area (Å²) < 4.78 is 0. The van der Waals surface area contributed by atoms with Crippen molar-refractivity contribution in [1.82, 2.24) is 5.06 Å². The molecule has 0 radical (unpaired) electrons. The average Bonchev–Trinajstić information content (AvgIpc) is 2.76. The Balaban J connectivity index is 3.39. The third kappa shape index (κ3) is 24.4. The molecule has 2 heteroatoms. The third-order valence-corrected chi connectivity index (χ3v) is 7.05. The summed E-state index contributed by atoms with van der Waals surface area (Å²) in [6.45, 7) is 4.57. The number of unbranched alkanes of at least 4 members (excludes halogenated alkanes) is 21. The van der Waals surface area contributed by atoms with E-state index in [2.05, 4.69) is 13.8 Å². The van der Waals surface area contributed by atoms with Gasteiger partial charge in [0.1, 0.15) is 0 Å². The molecule has 0 rings (SSSR count). The minimum Gasteiger partial charge on any atom is -0.785 e. The Hall–Kier alpha value is -0.0800. The van der Waals surface area contributed by atoms with Gasteiger partial charge in [0.25, 0.3) is 0 Å². The fourth-order valence-electron chi connectivity index (χ4n) is 4.77. The zero-order valence-corrected chi connectivity index (χ0v) is 22.1. The molecule has 0 aliphatic heterocycles. The standard InChI is InChI=1S/C29H60NO/c1-4-6-8-10-12-14-15-16-17-18-20-22-24-26-28-29(30(3)31)27-25-23-21-19-13-11-9-7-5-2/h29H,4-28H2,1-3H3/q-1. The number of hydrogen-bond donors (Lipinski definition) is 0. The summed E-state index contributed by atoms with van der Waals surface area (Å²) in [6.07, 6.45) is 34.1. The lowest BCUT2D eigenvalue weighted by atomic mass is 9.99. The second kappa shape index (κ2) is 26.2. The summed E-state index contributed by atoms with van der Waals surface area (Å²) in [6, 6.07) is 0.266. The second-order valence-electron chi connectivity index (χ2n) is 10.2. The molecule has 0 aliphatic carbocycles. The van der Waals surface area contributed by atoms with Crippen LogP contribution in [0.1, 0.15) is 174 Å². The molecule has 0 heterocycles. The molecule has 0 aromatic heterocycles. The van der Waals surface area contributed by atoms with Gasteiger partial charge in [-0.1, -0.05) is 162 Å². The summed E-state index contributed by atoms with van der Waals surface area (Å²) in [5.74, 6) is 0. The highest BCUT2D eigenvalue weighted by Gasteiger charge is 2.07. The first-order valence-electron chi connectivity index (χ1n) is 14.6. The van der Waals surface area contributed by atoms with Gasteiger partial charge in [0.05, 0.1) is 0 Å². The lowest BCUT2D eigenvalue weighted by Gasteiger charge is -2.33. The average molecular weight is 439 g/mol. The molecule has 0 spiro atoms. The topological polar surface area (TPSA) is 26.3 Å². The van der Waals surface area contributed by atoms with Crippen LogP contribution in [-0.4, -0.2) is 18.2 Å². The number of hydrogen-bond acceptors (Lipinski definition) is 2. The first kappa shape index (κ1) is 30.9. The van der Waals surface area contributed by atoms with Gasteiger partial charge in [0.15, 0.2) is 0 Å². The van der Waals surface area contributed by atoms with Crippen LogP contribution >= 0.6 is 0 Å². The van der Waals surface area contributed by atoms with E-state index in [1.165, 1.54) is 153 Å². The van der Waals surface area contributed by atoms with Gasteiger partial charge >= 0.3 is 0 Å². The minimum absolute atomic E-state index is 0.266. The maximum atomic E-state index is 11.9. The number of nitrogens with zero attached hydrogens (tertiary/aromatic N) is 1. The fraction of sp³-hybridized carbons (Fsp3) is 1.00. The maximum Gasteiger partial charge on any atom is -0.00282 e. The van der Waals surface area contributed by atoms with Gasteiger partial charge in [-0.3, -0.25) is 0 Å². The van der Waals surface area contributed by atoms with E-state index in [0.29, 0.717) is 0 Å². The van der Waals surface area contributed by atoms with E-state index in [-0.39, 0.29) is 6.04 Å². The van der Waals surface area contributed by atoms with E-state index < -0.39 is 0 Å². The predicted octanol–water partition coefficient (Wildman–Crippen LogP) is 10.6. The zero-order chi connectivity index (χ0) is 22.8. The van der Waals surface area contributed by atoms with Gasteiger partial charge in [0, 0.05) is 0 Å². The van der Waals surface area contributed by atoms with E-state index in [1.807, 2.05) is 0 Å². The van der Waals surface area contributed by atoms with Crippen molar-refractivity contribution in [3.05, 3.63) is 5.21 Å². The fourth-order valence-corrected chi connectivity index (χ4v) is 4.77. The highest BCUT2D eigenvalue weighted by molar-refractivity contribution is 4.69. The monoisotopic (exact) mass is 438 g/mol. The van der Waals surface area contributed by atoms with Crippen molar-refractivity contribution in [2.24, 2.45) is 0 Å². The molecule has 0 fully saturated rings. The summed E-state index contributed by atoms with van der Waals surface area (Å²) >= 11 is 0. The Kier molecular flexibility index (Phi) is 26.1. The van der Waals surface area contributed by atoms with E-state index in [9.17, 15) is 5.21 Å². The van der Waals surface area contributed by atoms with Gasteiger partial charge in [-0.2, -0.15) is 0 Å². The highest BCUT2D eigenvalue weighted by atomic mass is 16.5. The van der Waals surface area contributed by atoms with Crippen molar-refractivity contribution >= 4 is 0 Å². The molecule has 188 valence electrons. The third-order valence-electron chi connectivity index (χ3n) is 7.05. The molecule has 1 atom stereocenters. The van der Waals surface area contributed by atoms with Crippen LogP contribution in [0.3, 0.4) is 0 Å². The van der Waals surface area contributed by atoms with E-state index in [1.54, 1.807) is 7.05 Å². The maximum absolute atomic E-state index is 11.9. The molecule has 1 unspecified atom stereocenters. The van der Waals surface area contributed by atoms with Crippen LogP contribution in [0.2, 0.25) is 0 Å². The van der Waals surface area contributed by atoms with Crippen LogP contribution in [0.4, 0.5) is 0 Å². The van der Waals surface area contributed by atoms with Gasteiger partial charge < -0.3 is 10.3 Å². The van der Waals surface area contributed by atoms with Crippen molar-refractivity contribution in [2.75, 3.05) is 7.05 Å². The quantitative estimate of drug-likeness (QED) is 0.0991. The van der Waals surface area contributed by atoms with Gasteiger partial charge in [-0.25, -0.2) is 0 Å². The normalized spacial score (nSPS) is 12.7. The molecule has 0 saturated carbocycles. The van der Waals surface area contributed by atoms with Crippen molar-refractivity contribution in [3.63, 3.8) is 0 Å². The highest BCUT2D eigenvalue weighted by Crippen LogP contribution is 2.18. The van der Waals surface area contributed by atoms with Gasteiger partial charge in [-0.05, 0) is 25.9 Å². The Bertz CT molecular complexity index is 318. The largest absolute Gasteiger partial charge is 0.785 e. The molecular formula is C29H60NO-. The lowest BCUT2D eigenvalue weighted by molar-refractivity contribution is 0.280. The molecule has 31 heavy (non-hydrogen) atoms. The summed E-state index contributed by atoms with van der Waals surface area (Å²) in [7, 11) is 1.74. The van der Waals surface area contributed by atoms with Crippen LogP contribution in [-0.2, 0) is 0 Å². The molecule has 0 amide bonds. The molecule has 0 N–H and O–H groups in total. The SMILES string of the molecule is CCCCCCCCCCCCCCCCC(CCCCCCCCCCC)N(C)[O-]. The second-order valence-corrected chi connectivity index (χ2v) is 10.2. The Morgan fingerprint density at radius 3 is 0.871 bits per heavy atom. The smallest absolute Gasteiger partial charge is 0.00282 e. The predicted molar refractivity (Wildman–Crippen MR) is 142 cm³/mol. The van der Waals surface area contributed by atoms with E-state index in [4.69, 9.17) is 0 Å². The molecule has 2 nitrogen and oxygen atoms in total. The molecule has 0 aliphatic rings. The number of hydroxylamine groups is 2. The van der Waals surface area contributed by atoms with Gasteiger partial charge in [-0.15, -0.1) is 0 Å². The lowest BCUT2D eigenvalue weighted by Crippen LogP contribution is -2.26. The Morgan fingerprint density at radius 1 is 0.419 bits per heavy atom. The summed E-state index contributed by atoms with van der Waals surface area (Å²) in [5, 5.41) is 13.1. The van der Waals surface area contributed by atoms with Gasteiger partial charge in [0.2, 0.25) is 0 Å². The van der Waals surface area contributed by atoms with Crippen LogP contribution in [0.25, 0.3) is 0 Å². The van der Waals surface area contributed by atoms with Crippen LogP contribution in [0, 0.1) is 5.21 Å². The first-order valence-corrected chi connectivity index (χ1v) is 14.6. The van der Waals surface area contributed by atoms with E-state index in [0.717, 1.165) is 12.8 Å². The summed E-state index contributed by atoms with van der Waals surface area (Å²) in [5.41, 5.74) is 0. The van der Waals surface area contributed by atoms with Crippen LogP contribution < -0.4 is 0 Å². The molecule has 0 aromatic carbocycles. The van der Waals surface area contributed by atoms with Crippen molar-refractivity contribution in [3.8, 4) is 0 Å². The Morgan fingerprint density at radius 2 is 0.645 bits per heavy atom. The Labute approximate surface area is 197 Å². The zero-order valence-electron chi connectivity index (χ0n) is 22.1. The molecule has 0 aromatic rings. The molecule has 0 saturated heterocycles. The molecular weight excluding hydrogens is 378 g/mol. The van der Waals surface area contributed by atoms with Crippen molar-refractivity contribution in [1.29, 1.82) is 0 Å². The van der Waals surface area contributed by atoms with Crippen molar-refractivity contribution in [2.45, 2.75) is 180 Å². The van der Waals surface area contributed by atoms with Crippen LogP contribution in [0.15, 0.2) is 0 Å². The van der Waals surface area contributed by atoms with Crippen molar-refractivity contribution < 1.29 is 0 Å². The van der Waals surface area contributed by atoms with E-state index >= 15 is 0 Å². The summed E-state index contributed by atoms with van der Waals surface area (Å²) in [4.78, 5) is 0. The molecule has 0 bridgehead atoms. The minimum atomic E-state index is 0.266. The number of rotatable bonds is 26. The van der Waals surface area contributed by atoms with Crippen LogP contribution in [0.5, 0.6) is 0 Å².